The number of hydrogen-bond donors (Lipinski definition) is 2. The molecule has 3 aliphatic heterocycles. The molecule has 160 valence electrons. The van der Waals surface area contributed by atoms with E-state index in [-0.39, 0.29) is 31.6 Å². The van der Waals surface area contributed by atoms with Crippen molar-refractivity contribution in [2.75, 3.05) is 26.4 Å². The van der Waals surface area contributed by atoms with Crippen LogP contribution in [0.25, 0.3) is 0 Å². The molecule has 4 rings (SSSR count). The first kappa shape index (κ1) is 20.0. The number of nitrogens with zero attached hydrogens (tertiary/aromatic N) is 2. The first-order valence-electron chi connectivity index (χ1n) is 10.1. The van der Waals surface area contributed by atoms with Gasteiger partial charge in [-0.2, -0.15) is 0 Å². The van der Waals surface area contributed by atoms with Crippen molar-refractivity contribution in [2.45, 2.75) is 38.3 Å². The number of nitrogens with one attached hydrogen (secondary N) is 2. The average Bonchev–Trinajstić information content (AvgIpc) is 3.41. The minimum atomic E-state index is -0.883. The molecule has 0 aliphatic carbocycles. The largest absolute Gasteiger partial charge is 0.454 e. The van der Waals surface area contributed by atoms with Crippen molar-refractivity contribution in [2.24, 2.45) is 0 Å². The maximum absolute atomic E-state index is 12.6. The fourth-order valence-electron chi connectivity index (χ4n) is 3.78. The van der Waals surface area contributed by atoms with E-state index in [0.29, 0.717) is 37.4 Å². The summed E-state index contributed by atoms with van der Waals surface area (Å²) in [4.78, 5) is 51.4. The summed E-state index contributed by atoms with van der Waals surface area (Å²) in [7, 11) is 0. The molecule has 0 unspecified atom stereocenters. The van der Waals surface area contributed by atoms with Gasteiger partial charge in [-0.25, -0.2) is 4.79 Å². The highest BCUT2D eigenvalue weighted by atomic mass is 16.7. The Bertz CT molecular complexity index is 873. The topological polar surface area (TPSA) is 117 Å². The van der Waals surface area contributed by atoms with E-state index in [4.69, 9.17) is 9.47 Å². The Kier molecular flexibility index (Phi) is 5.73. The zero-order chi connectivity index (χ0) is 21.1. The van der Waals surface area contributed by atoms with Crippen LogP contribution in [0.3, 0.4) is 0 Å². The van der Waals surface area contributed by atoms with E-state index in [2.05, 4.69) is 10.6 Å². The highest BCUT2D eigenvalue weighted by Gasteiger charge is 2.39. The highest BCUT2D eigenvalue weighted by molar-refractivity contribution is 6.05. The smallest absolute Gasteiger partial charge is 0.325 e. The third kappa shape index (κ3) is 4.32. The molecule has 1 atom stereocenters. The number of carbonyl (C=O) groups excluding carboxylic acids is 4. The van der Waals surface area contributed by atoms with Gasteiger partial charge in [-0.1, -0.05) is 6.07 Å². The van der Waals surface area contributed by atoms with Crippen molar-refractivity contribution in [1.29, 1.82) is 0 Å². The second kappa shape index (κ2) is 8.60. The fourth-order valence-corrected chi connectivity index (χ4v) is 3.78. The lowest BCUT2D eigenvalue weighted by molar-refractivity contribution is -0.131. The normalized spacial score (nSPS) is 20.1. The zero-order valence-electron chi connectivity index (χ0n) is 16.5. The highest BCUT2D eigenvalue weighted by Crippen LogP contribution is 2.33. The van der Waals surface area contributed by atoms with Gasteiger partial charge in [0.15, 0.2) is 11.5 Å². The molecule has 3 aliphatic rings. The van der Waals surface area contributed by atoms with E-state index < -0.39 is 18.0 Å². The molecule has 10 nitrogen and oxygen atoms in total. The molecule has 1 aromatic rings. The third-order valence-corrected chi connectivity index (χ3v) is 5.37. The lowest BCUT2D eigenvalue weighted by atomic mass is 10.1. The number of rotatable bonds is 8. The molecule has 0 radical (unpaired) electrons. The Balaban J connectivity index is 1.23. The molecule has 30 heavy (non-hydrogen) atoms. The van der Waals surface area contributed by atoms with Crippen LogP contribution in [0.2, 0.25) is 0 Å². The number of ether oxygens (including phenoxy) is 2. The summed E-state index contributed by atoms with van der Waals surface area (Å²) in [5.74, 6) is 0.607. The number of hydrogen-bond acceptors (Lipinski definition) is 6. The number of benzene rings is 1. The van der Waals surface area contributed by atoms with Crippen LogP contribution >= 0.6 is 0 Å². The fraction of sp³-hybridized carbons (Fsp3) is 0.500. The SMILES string of the molecule is O=C(C[C@H]1NC(=O)N(Cc2ccc3c(c2)OCO3)C1=O)NCCCN1CCCC1=O. The summed E-state index contributed by atoms with van der Waals surface area (Å²) in [5.41, 5.74) is 0.726. The molecule has 10 heteroatoms. The molecule has 2 saturated heterocycles. The van der Waals surface area contributed by atoms with Crippen molar-refractivity contribution in [3.8, 4) is 11.5 Å². The number of likely N-dealkylation sites (tertiary alicyclic amines) is 1. The maximum atomic E-state index is 12.6. The monoisotopic (exact) mass is 416 g/mol. The number of imide groups is 1. The van der Waals surface area contributed by atoms with Gasteiger partial charge in [0.1, 0.15) is 6.04 Å². The predicted octanol–water partition coefficient (Wildman–Crippen LogP) is 0.355. The van der Waals surface area contributed by atoms with Crippen LogP contribution in [0.15, 0.2) is 18.2 Å². The first-order valence-corrected chi connectivity index (χ1v) is 10.1. The summed E-state index contributed by atoms with van der Waals surface area (Å²) in [6.45, 7) is 2.03. The van der Waals surface area contributed by atoms with Crippen molar-refractivity contribution < 1.29 is 28.7 Å². The Morgan fingerprint density at radius 2 is 2.03 bits per heavy atom. The maximum Gasteiger partial charge on any atom is 0.325 e. The number of carbonyl (C=O) groups is 4. The molecule has 0 saturated carbocycles. The molecular formula is C20H24N4O6. The van der Waals surface area contributed by atoms with Crippen molar-refractivity contribution in [3.05, 3.63) is 23.8 Å². The van der Waals surface area contributed by atoms with Crippen LogP contribution in [-0.4, -0.2) is 66.0 Å². The van der Waals surface area contributed by atoms with Gasteiger partial charge < -0.3 is 25.0 Å². The second-order valence-corrected chi connectivity index (χ2v) is 7.51. The van der Waals surface area contributed by atoms with Crippen LogP contribution in [0.1, 0.15) is 31.2 Å². The van der Waals surface area contributed by atoms with Gasteiger partial charge in [-0.15, -0.1) is 0 Å². The number of urea groups is 1. The Morgan fingerprint density at radius 1 is 1.20 bits per heavy atom. The lowest BCUT2D eigenvalue weighted by Gasteiger charge is -2.15. The van der Waals surface area contributed by atoms with Crippen LogP contribution in [-0.2, 0) is 20.9 Å². The minimum absolute atomic E-state index is 0.0866. The van der Waals surface area contributed by atoms with Crippen molar-refractivity contribution in [3.63, 3.8) is 0 Å². The Hall–Kier alpha value is -3.30. The third-order valence-electron chi connectivity index (χ3n) is 5.37. The predicted molar refractivity (Wildman–Crippen MR) is 103 cm³/mol. The lowest BCUT2D eigenvalue weighted by Crippen LogP contribution is -2.37. The first-order chi connectivity index (χ1) is 14.5. The summed E-state index contributed by atoms with van der Waals surface area (Å²) >= 11 is 0. The van der Waals surface area contributed by atoms with Crippen LogP contribution in [0.4, 0.5) is 4.79 Å². The van der Waals surface area contributed by atoms with E-state index in [0.717, 1.165) is 23.4 Å². The number of amides is 5. The van der Waals surface area contributed by atoms with Gasteiger partial charge in [0.2, 0.25) is 18.6 Å². The standard InChI is InChI=1S/C20H24N4O6/c25-17(21-6-2-8-23-7-1-3-18(23)26)10-14-19(27)24(20(28)22-14)11-13-4-5-15-16(9-13)30-12-29-15/h4-5,9,14H,1-3,6-8,10-12H2,(H,21,25)(H,22,28)/t14-/m1/s1. The van der Waals surface area contributed by atoms with Gasteiger partial charge in [-0.3, -0.25) is 19.3 Å². The van der Waals surface area contributed by atoms with Crippen LogP contribution < -0.4 is 20.1 Å². The van der Waals surface area contributed by atoms with Crippen LogP contribution in [0.5, 0.6) is 11.5 Å². The molecule has 5 amide bonds. The Morgan fingerprint density at radius 3 is 2.83 bits per heavy atom. The Labute approximate surface area is 173 Å². The van der Waals surface area contributed by atoms with E-state index in [1.54, 1.807) is 23.1 Å². The number of fused-ring (bicyclic) bond motifs is 1. The van der Waals surface area contributed by atoms with E-state index in [1.165, 1.54) is 0 Å². The quantitative estimate of drug-likeness (QED) is 0.467. The minimum Gasteiger partial charge on any atom is -0.454 e. The van der Waals surface area contributed by atoms with E-state index >= 15 is 0 Å². The zero-order valence-corrected chi connectivity index (χ0v) is 16.5. The molecule has 2 fully saturated rings. The van der Waals surface area contributed by atoms with Gasteiger partial charge in [0, 0.05) is 26.1 Å². The van der Waals surface area contributed by atoms with E-state index in [9.17, 15) is 19.2 Å². The molecule has 0 aromatic heterocycles. The molecule has 0 spiro atoms. The van der Waals surface area contributed by atoms with Crippen molar-refractivity contribution in [1.82, 2.24) is 20.4 Å². The molecule has 3 heterocycles. The van der Waals surface area contributed by atoms with Crippen LogP contribution in [0, 0.1) is 0 Å². The summed E-state index contributed by atoms with van der Waals surface area (Å²) in [6, 6.07) is 3.82. The van der Waals surface area contributed by atoms with E-state index in [1.807, 2.05) is 0 Å². The summed E-state index contributed by atoms with van der Waals surface area (Å²) in [5, 5.41) is 5.31. The molecular weight excluding hydrogens is 392 g/mol. The average molecular weight is 416 g/mol. The van der Waals surface area contributed by atoms with Gasteiger partial charge >= 0.3 is 6.03 Å². The van der Waals surface area contributed by atoms with Gasteiger partial charge in [0.05, 0.1) is 13.0 Å². The molecule has 0 bridgehead atoms. The molecule has 1 aromatic carbocycles. The summed E-state index contributed by atoms with van der Waals surface area (Å²) in [6.07, 6.45) is 2.01. The molecule has 2 N–H and O–H groups in total. The summed E-state index contributed by atoms with van der Waals surface area (Å²) < 4.78 is 10.6. The van der Waals surface area contributed by atoms with Gasteiger partial charge in [0.25, 0.3) is 5.91 Å². The second-order valence-electron chi connectivity index (χ2n) is 7.51. The van der Waals surface area contributed by atoms with Gasteiger partial charge in [-0.05, 0) is 30.5 Å². The van der Waals surface area contributed by atoms with Crippen molar-refractivity contribution >= 4 is 23.8 Å².